The van der Waals surface area contributed by atoms with Gasteiger partial charge in [0.05, 0.1) is 0 Å². The van der Waals surface area contributed by atoms with Crippen molar-refractivity contribution < 1.29 is 4.79 Å². The number of amides is 2. The van der Waals surface area contributed by atoms with Gasteiger partial charge in [0.25, 0.3) is 0 Å². The van der Waals surface area contributed by atoms with Crippen LogP contribution in [0, 0.1) is 5.41 Å². The van der Waals surface area contributed by atoms with Crippen molar-refractivity contribution in [2.24, 2.45) is 5.41 Å². The van der Waals surface area contributed by atoms with Gasteiger partial charge in [0.1, 0.15) is 0 Å². The maximum atomic E-state index is 11.7. The van der Waals surface area contributed by atoms with Crippen molar-refractivity contribution in [1.82, 2.24) is 15.5 Å². The third-order valence-electron chi connectivity index (χ3n) is 2.64. The molecule has 0 aliphatic carbocycles. The summed E-state index contributed by atoms with van der Waals surface area (Å²) in [5.74, 6) is 0. The topological polar surface area (TPSA) is 44.4 Å². The molecule has 102 valence electrons. The zero-order chi connectivity index (χ0) is 13.6. The second-order valence-corrected chi connectivity index (χ2v) is 6.28. The summed E-state index contributed by atoms with van der Waals surface area (Å²) in [7, 11) is 4.10. The number of hydrogen-bond donors (Lipinski definition) is 2. The lowest BCUT2D eigenvalue weighted by Gasteiger charge is -2.32. The van der Waals surface area contributed by atoms with Gasteiger partial charge < -0.3 is 15.5 Å². The molecule has 1 atom stereocenters. The number of urea groups is 1. The van der Waals surface area contributed by atoms with Crippen molar-refractivity contribution in [2.45, 2.75) is 53.1 Å². The van der Waals surface area contributed by atoms with Crippen molar-refractivity contribution in [1.29, 1.82) is 0 Å². The fraction of sp³-hybridized carbons (Fsp3) is 0.923. The molecule has 2 amide bonds. The van der Waals surface area contributed by atoms with E-state index in [1.165, 1.54) is 0 Å². The molecule has 17 heavy (non-hydrogen) atoms. The summed E-state index contributed by atoms with van der Waals surface area (Å²) in [6.45, 7) is 11.4. The zero-order valence-corrected chi connectivity index (χ0v) is 12.4. The molecular formula is C13H29N3O. The van der Waals surface area contributed by atoms with Crippen molar-refractivity contribution >= 4 is 6.03 Å². The molecule has 0 unspecified atom stereocenters. The van der Waals surface area contributed by atoms with E-state index >= 15 is 0 Å². The summed E-state index contributed by atoms with van der Waals surface area (Å²) in [5, 5.41) is 5.94. The molecule has 0 aromatic carbocycles. The maximum Gasteiger partial charge on any atom is 0.315 e. The van der Waals surface area contributed by atoms with E-state index < -0.39 is 0 Å². The van der Waals surface area contributed by atoms with Crippen LogP contribution >= 0.6 is 0 Å². The van der Waals surface area contributed by atoms with Gasteiger partial charge in [-0.15, -0.1) is 0 Å². The minimum atomic E-state index is -0.0707. The van der Waals surface area contributed by atoms with Crippen LogP contribution < -0.4 is 10.6 Å². The first-order valence-corrected chi connectivity index (χ1v) is 6.34. The molecule has 0 aliphatic rings. The zero-order valence-electron chi connectivity index (χ0n) is 12.4. The fourth-order valence-electron chi connectivity index (χ4n) is 1.57. The molecule has 4 heteroatoms. The second kappa shape index (κ2) is 6.84. The molecule has 4 nitrogen and oxygen atoms in total. The Kier molecular flexibility index (Phi) is 6.53. The first-order chi connectivity index (χ1) is 7.62. The predicted molar refractivity (Wildman–Crippen MR) is 73.2 cm³/mol. The van der Waals surface area contributed by atoms with E-state index in [2.05, 4.69) is 36.3 Å². The van der Waals surface area contributed by atoms with E-state index in [0.29, 0.717) is 0 Å². The quantitative estimate of drug-likeness (QED) is 0.776. The Labute approximate surface area is 106 Å². The molecular weight excluding hydrogens is 214 g/mol. The maximum absolute atomic E-state index is 11.7. The van der Waals surface area contributed by atoms with Gasteiger partial charge in [0.2, 0.25) is 0 Å². The molecule has 0 rings (SSSR count). The first-order valence-electron chi connectivity index (χ1n) is 6.34. The average Bonchev–Trinajstić information content (AvgIpc) is 2.08. The Morgan fingerprint density at radius 3 is 2.06 bits per heavy atom. The highest BCUT2D eigenvalue weighted by Gasteiger charge is 2.26. The molecule has 0 aliphatic heterocycles. The normalized spacial score (nSPS) is 13.9. The van der Waals surface area contributed by atoms with E-state index in [0.717, 1.165) is 13.0 Å². The van der Waals surface area contributed by atoms with Crippen molar-refractivity contribution in [2.75, 3.05) is 20.6 Å². The highest BCUT2D eigenvalue weighted by atomic mass is 16.2. The minimum Gasteiger partial charge on any atom is -0.336 e. The largest absolute Gasteiger partial charge is 0.336 e. The molecule has 0 radical (unpaired) electrons. The summed E-state index contributed by atoms with van der Waals surface area (Å²) in [5.41, 5.74) is 0.0737. The van der Waals surface area contributed by atoms with Crippen molar-refractivity contribution in [3.63, 3.8) is 0 Å². The van der Waals surface area contributed by atoms with E-state index in [9.17, 15) is 4.79 Å². The molecule has 0 saturated carbocycles. The Hall–Kier alpha value is -0.770. The molecule has 2 N–H and O–H groups in total. The fourth-order valence-corrected chi connectivity index (χ4v) is 1.57. The van der Waals surface area contributed by atoms with Gasteiger partial charge in [-0.1, -0.05) is 20.8 Å². The van der Waals surface area contributed by atoms with Crippen LogP contribution in [0.15, 0.2) is 0 Å². The third-order valence-corrected chi connectivity index (χ3v) is 2.64. The number of nitrogens with zero attached hydrogens (tertiary/aromatic N) is 1. The molecule has 0 fully saturated rings. The summed E-state index contributed by atoms with van der Waals surface area (Å²) >= 11 is 0. The predicted octanol–water partition coefficient (Wildman–Crippen LogP) is 2.06. The van der Waals surface area contributed by atoms with Gasteiger partial charge in [0.15, 0.2) is 0 Å². The Morgan fingerprint density at radius 2 is 1.71 bits per heavy atom. The first kappa shape index (κ1) is 16.2. The monoisotopic (exact) mass is 243 g/mol. The molecule has 0 bridgehead atoms. The SMILES string of the molecule is CC(C)NC(=O)N[C@H](CCN(C)C)C(C)(C)C. The van der Waals surface area contributed by atoms with Crippen LogP contribution in [-0.4, -0.2) is 43.7 Å². The molecule has 0 aromatic heterocycles. The number of carbonyl (C=O) groups excluding carboxylic acids is 1. The van der Waals surface area contributed by atoms with Crippen LogP contribution in [0.4, 0.5) is 4.79 Å². The second-order valence-electron chi connectivity index (χ2n) is 6.28. The molecule has 0 spiro atoms. The van der Waals surface area contributed by atoms with Crippen LogP contribution in [0.2, 0.25) is 0 Å². The van der Waals surface area contributed by atoms with Crippen LogP contribution in [0.25, 0.3) is 0 Å². The summed E-state index contributed by atoms with van der Waals surface area (Å²) in [6, 6.07) is 0.284. The van der Waals surface area contributed by atoms with Gasteiger partial charge in [-0.25, -0.2) is 4.79 Å². The van der Waals surface area contributed by atoms with Gasteiger partial charge >= 0.3 is 6.03 Å². The molecule has 0 saturated heterocycles. The van der Waals surface area contributed by atoms with Gasteiger partial charge in [-0.3, -0.25) is 0 Å². The van der Waals surface area contributed by atoms with Crippen LogP contribution in [-0.2, 0) is 0 Å². The number of hydrogen-bond acceptors (Lipinski definition) is 2. The summed E-state index contributed by atoms with van der Waals surface area (Å²) < 4.78 is 0. The summed E-state index contributed by atoms with van der Waals surface area (Å²) in [6.07, 6.45) is 0.960. The lowest BCUT2D eigenvalue weighted by Crippen LogP contribution is -2.50. The smallest absolute Gasteiger partial charge is 0.315 e. The number of nitrogens with one attached hydrogen (secondary N) is 2. The van der Waals surface area contributed by atoms with E-state index in [4.69, 9.17) is 0 Å². The summed E-state index contributed by atoms with van der Waals surface area (Å²) in [4.78, 5) is 13.9. The number of rotatable bonds is 5. The van der Waals surface area contributed by atoms with Crippen LogP contribution in [0.1, 0.15) is 41.0 Å². The van der Waals surface area contributed by atoms with Crippen molar-refractivity contribution in [3.05, 3.63) is 0 Å². The molecule has 0 heterocycles. The van der Waals surface area contributed by atoms with Gasteiger partial charge in [-0.05, 0) is 46.3 Å². The average molecular weight is 243 g/mol. The molecule has 0 aromatic rings. The Bertz CT molecular complexity index is 231. The lowest BCUT2D eigenvalue weighted by atomic mass is 9.84. The third kappa shape index (κ3) is 8.02. The van der Waals surface area contributed by atoms with Crippen LogP contribution in [0.3, 0.4) is 0 Å². The highest BCUT2D eigenvalue weighted by molar-refractivity contribution is 5.74. The standard InChI is InChI=1S/C13H29N3O/c1-10(2)14-12(17)15-11(13(3,4)5)8-9-16(6)7/h10-11H,8-9H2,1-7H3,(H2,14,15,17)/t11-/m1/s1. The van der Waals surface area contributed by atoms with E-state index in [1.54, 1.807) is 0 Å². The Morgan fingerprint density at radius 1 is 1.18 bits per heavy atom. The Balaban J connectivity index is 4.34. The number of carbonyl (C=O) groups is 1. The lowest BCUT2D eigenvalue weighted by molar-refractivity contribution is 0.205. The van der Waals surface area contributed by atoms with Crippen LogP contribution in [0.5, 0.6) is 0 Å². The van der Waals surface area contributed by atoms with E-state index in [-0.39, 0.29) is 23.5 Å². The van der Waals surface area contributed by atoms with E-state index in [1.807, 2.05) is 27.9 Å². The van der Waals surface area contributed by atoms with Gasteiger partial charge in [0, 0.05) is 12.1 Å². The highest BCUT2D eigenvalue weighted by Crippen LogP contribution is 2.21. The van der Waals surface area contributed by atoms with Gasteiger partial charge in [-0.2, -0.15) is 0 Å². The van der Waals surface area contributed by atoms with Crippen molar-refractivity contribution in [3.8, 4) is 0 Å². The minimum absolute atomic E-state index is 0.0707.